The Labute approximate surface area is 171 Å². The van der Waals surface area contributed by atoms with Crippen LogP contribution in [0.3, 0.4) is 0 Å². The molecule has 1 aliphatic heterocycles. The molecule has 3 heterocycles. The minimum Gasteiger partial charge on any atom is -0.497 e. The summed E-state index contributed by atoms with van der Waals surface area (Å²) in [6, 6.07) is 16.5. The van der Waals surface area contributed by atoms with E-state index in [0.29, 0.717) is 11.2 Å². The zero-order valence-corrected chi connectivity index (χ0v) is 17.1. The minimum absolute atomic E-state index is 0.00509. The van der Waals surface area contributed by atoms with E-state index in [4.69, 9.17) is 17.0 Å². The molecule has 0 spiro atoms. The number of benzene rings is 1. The second-order valence-corrected chi connectivity index (χ2v) is 7.57. The van der Waals surface area contributed by atoms with Crippen LogP contribution in [-0.4, -0.2) is 21.8 Å². The molecule has 2 atom stereocenters. The van der Waals surface area contributed by atoms with Crippen LogP contribution in [0.15, 0.2) is 67.1 Å². The largest absolute Gasteiger partial charge is 0.497 e. The summed E-state index contributed by atoms with van der Waals surface area (Å²) >= 11 is 5.75. The fourth-order valence-corrected chi connectivity index (χ4v) is 4.00. The van der Waals surface area contributed by atoms with Crippen LogP contribution in [0.1, 0.15) is 43.2 Å². The van der Waals surface area contributed by atoms with Gasteiger partial charge in [-0.2, -0.15) is 0 Å². The number of ether oxygens (including phenoxy) is 1. The first kappa shape index (κ1) is 18.5. The molecule has 1 aliphatic rings. The van der Waals surface area contributed by atoms with Gasteiger partial charge in [0.05, 0.1) is 24.9 Å². The number of methoxy groups -OCH3 is 1. The Kier molecular flexibility index (Phi) is 5.05. The van der Waals surface area contributed by atoms with Crippen LogP contribution in [0.5, 0.6) is 5.75 Å². The van der Waals surface area contributed by atoms with Gasteiger partial charge in [0, 0.05) is 36.4 Å². The highest BCUT2D eigenvalue weighted by molar-refractivity contribution is 7.80. The number of hydrogen-bond donors (Lipinski definition) is 1. The van der Waals surface area contributed by atoms with E-state index >= 15 is 0 Å². The fraction of sp³-hybridized carbons (Fsp3) is 0.273. The lowest BCUT2D eigenvalue weighted by Gasteiger charge is -2.27. The molecule has 0 aliphatic carbocycles. The van der Waals surface area contributed by atoms with E-state index in [1.807, 2.05) is 42.6 Å². The highest BCUT2D eigenvalue weighted by Crippen LogP contribution is 2.42. The van der Waals surface area contributed by atoms with E-state index in [9.17, 15) is 0 Å². The molecule has 2 aromatic heterocycles. The van der Waals surface area contributed by atoms with Crippen LogP contribution in [0, 0.1) is 0 Å². The summed E-state index contributed by atoms with van der Waals surface area (Å²) in [5.41, 5.74) is 3.16. The molecule has 1 fully saturated rings. The number of rotatable bonds is 5. The number of nitrogens with one attached hydrogen (secondary N) is 1. The number of nitrogens with zero attached hydrogens (tertiary/aromatic N) is 3. The molecule has 0 radical (unpaired) electrons. The Bertz CT molecular complexity index is 969. The molecule has 6 heteroatoms. The number of thiocarbonyl (C=S) groups is 1. The zero-order chi connectivity index (χ0) is 19.7. The summed E-state index contributed by atoms with van der Waals surface area (Å²) in [4.78, 5) is 6.76. The maximum atomic E-state index is 5.75. The lowest BCUT2D eigenvalue weighted by atomic mass is 9.98. The van der Waals surface area contributed by atoms with E-state index in [1.165, 1.54) is 5.56 Å². The van der Waals surface area contributed by atoms with Gasteiger partial charge in [0.25, 0.3) is 0 Å². The molecule has 1 aromatic carbocycles. The molecule has 3 aromatic rings. The third-order valence-corrected chi connectivity index (χ3v) is 5.42. The molecule has 5 nitrogen and oxygen atoms in total. The summed E-state index contributed by atoms with van der Waals surface area (Å²) in [7, 11) is 1.68. The normalized spacial score (nSPS) is 19.1. The van der Waals surface area contributed by atoms with Crippen LogP contribution in [0.2, 0.25) is 0 Å². The van der Waals surface area contributed by atoms with Crippen molar-refractivity contribution in [2.24, 2.45) is 0 Å². The van der Waals surface area contributed by atoms with Crippen LogP contribution in [0.4, 0.5) is 5.69 Å². The van der Waals surface area contributed by atoms with Gasteiger partial charge in [-0.1, -0.05) is 12.1 Å². The standard InChI is InChI=1S/C22H24N4OS/c1-15(2)25-12-10-16(14-25)21-20(19-9-4-5-11-23-19)24-22(28)26(21)17-7-6-8-18(13-17)27-3/h4-15,20-21H,1-3H3,(H,24,28). The summed E-state index contributed by atoms with van der Waals surface area (Å²) in [6.45, 7) is 4.36. The van der Waals surface area contributed by atoms with Gasteiger partial charge in [-0.3, -0.25) is 4.98 Å². The van der Waals surface area contributed by atoms with Gasteiger partial charge in [0.1, 0.15) is 5.75 Å². The Balaban J connectivity index is 1.81. The van der Waals surface area contributed by atoms with Gasteiger partial charge < -0.3 is 19.5 Å². The third kappa shape index (κ3) is 3.36. The van der Waals surface area contributed by atoms with Crippen LogP contribution in [0.25, 0.3) is 0 Å². The SMILES string of the molecule is COc1cccc(N2C(=S)NC(c3ccccn3)C2c2ccn(C(C)C)c2)c1. The molecular formula is C22H24N4OS. The Morgan fingerprint density at radius 3 is 2.68 bits per heavy atom. The van der Waals surface area contributed by atoms with E-state index in [1.54, 1.807) is 7.11 Å². The van der Waals surface area contributed by atoms with Crippen molar-refractivity contribution in [3.05, 3.63) is 78.4 Å². The molecule has 144 valence electrons. The molecule has 0 amide bonds. The number of pyridine rings is 1. The molecule has 28 heavy (non-hydrogen) atoms. The second kappa shape index (κ2) is 7.64. The maximum absolute atomic E-state index is 5.75. The van der Waals surface area contributed by atoms with E-state index in [-0.39, 0.29) is 12.1 Å². The lowest BCUT2D eigenvalue weighted by Crippen LogP contribution is -2.29. The van der Waals surface area contributed by atoms with Crippen molar-refractivity contribution >= 4 is 23.0 Å². The number of aromatic nitrogens is 2. The smallest absolute Gasteiger partial charge is 0.174 e. The van der Waals surface area contributed by atoms with Gasteiger partial charge in [-0.25, -0.2) is 0 Å². The highest BCUT2D eigenvalue weighted by atomic mass is 32.1. The van der Waals surface area contributed by atoms with Crippen molar-refractivity contribution < 1.29 is 4.74 Å². The zero-order valence-electron chi connectivity index (χ0n) is 16.2. The van der Waals surface area contributed by atoms with Crippen molar-refractivity contribution in [1.82, 2.24) is 14.9 Å². The van der Waals surface area contributed by atoms with Crippen molar-refractivity contribution in [3.63, 3.8) is 0 Å². The fourth-order valence-electron chi connectivity index (χ4n) is 3.66. The van der Waals surface area contributed by atoms with E-state index in [2.05, 4.69) is 58.1 Å². The summed E-state index contributed by atoms with van der Waals surface area (Å²) in [6.07, 6.45) is 6.15. The van der Waals surface area contributed by atoms with Crippen LogP contribution >= 0.6 is 12.2 Å². The summed E-state index contributed by atoms with van der Waals surface area (Å²) in [5.74, 6) is 0.806. The second-order valence-electron chi connectivity index (χ2n) is 7.18. The lowest BCUT2D eigenvalue weighted by molar-refractivity contribution is 0.415. The topological polar surface area (TPSA) is 42.3 Å². The van der Waals surface area contributed by atoms with Gasteiger partial charge >= 0.3 is 0 Å². The number of hydrogen-bond acceptors (Lipinski definition) is 3. The molecule has 2 unspecified atom stereocenters. The average molecular weight is 393 g/mol. The molecule has 0 bridgehead atoms. The third-order valence-electron chi connectivity index (χ3n) is 5.10. The van der Waals surface area contributed by atoms with E-state index in [0.717, 1.165) is 17.1 Å². The van der Waals surface area contributed by atoms with Crippen LogP contribution < -0.4 is 15.0 Å². The van der Waals surface area contributed by atoms with Crippen molar-refractivity contribution in [1.29, 1.82) is 0 Å². The van der Waals surface area contributed by atoms with E-state index < -0.39 is 0 Å². The van der Waals surface area contributed by atoms with Gasteiger partial charge in [0.15, 0.2) is 5.11 Å². The minimum atomic E-state index is -0.0390. The summed E-state index contributed by atoms with van der Waals surface area (Å²) < 4.78 is 7.65. The van der Waals surface area contributed by atoms with Gasteiger partial charge in [0.2, 0.25) is 0 Å². The molecule has 1 N–H and O–H groups in total. The van der Waals surface area contributed by atoms with Gasteiger partial charge in [-0.15, -0.1) is 0 Å². The quantitative estimate of drug-likeness (QED) is 0.640. The first-order valence-corrected chi connectivity index (χ1v) is 9.81. The number of anilines is 1. The van der Waals surface area contributed by atoms with Crippen molar-refractivity contribution in [2.75, 3.05) is 12.0 Å². The first-order chi connectivity index (χ1) is 13.6. The maximum Gasteiger partial charge on any atom is 0.174 e. The van der Waals surface area contributed by atoms with Crippen molar-refractivity contribution in [2.45, 2.75) is 32.0 Å². The molecule has 4 rings (SSSR count). The van der Waals surface area contributed by atoms with Gasteiger partial charge in [-0.05, 0) is 62.0 Å². The predicted octanol–water partition coefficient (Wildman–Crippen LogP) is 4.65. The molecular weight excluding hydrogens is 368 g/mol. The highest BCUT2D eigenvalue weighted by Gasteiger charge is 2.41. The molecule has 0 saturated carbocycles. The Morgan fingerprint density at radius 2 is 2.00 bits per heavy atom. The van der Waals surface area contributed by atoms with Crippen molar-refractivity contribution in [3.8, 4) is 5.75 Å². The summed E-state index contributed by atoms with van der Waals surface area (Å²) in [5, 5.41) is 4.17. The Hall–Kier alpha value is -2.86. The predicted molar refractivity (Wildman–Crippen MR) is 116 cm³/mol. The van der Waals surface area contributed by atoms with Crippen LogP contribution in [-0.2, 0) is 0 Å². The first-order valence-electron chi connectivity index (χ1n) is 9.40. The average Bonchev–Trinajstić information content (AvgIpc) is 3.33. The Morgan fingerprint density at radius 1 is 1.14 bits per heavy atom. The monoisotopic (exact) mass is 392 g/mol. The molecule has 1 saturated heterocycles.